The zero-order chi connectivity index (χ0) is 15.6. The van der Waals surface area contributed by atoms with Crippen molar-refractivity contribution in [3.05, 3.63) is 71.9 Å². The van der Waals surface area contributed by atoms with Gasteiger partial charge in [0.05, 0.1) is 5.52 Å². The molecule has 0 aliphatic heterocycles. The number of aromatic nitrogens is 1. The van der Waals surface area contributed by atoms with Crippen molar-refractivity contribution in [3.63, 3.8) is 0 Å². The van der Waals surface area contributed by atoms with Crippen LogP contribution in [-0.4, -0.2) is 10.8 Å². The van der Waals surface area contributed by atoms with E-state index in [1.807, 2.05) is 54.6 Å². The first-order valence-corrected chi connectivity index (χ1v) is 7.49. The molecule has 0 radical (unpaired) electrons. The number of hydrogen-bond donors (Lipinski definition) is 1. The molecule has 23 heavy (non-hydrogen) atoms. The molecule has 1 heterocycles. The van der Waals surface area contributed by atoms with E-state index < -0.39 is 0 Å². The highest BCUT2D eigenvalue weighted by atomic mass is 16.1. The third kappa shape index (κ3) is 1.53. The van der Waals surface area contributed by atoms with Crippen molar-refractivity contribution in [3.8, 4) is 11.1 Å². The Kier molecular flexibility index (Phi) is 2.24. The van der Waals surface area contributed by atoms with Gasteiger partial charge in [0.15, 0.2) is 5.78 Å². The van der Waals surface area contributed by atoms with Crippen LogP contribution in [0.5, 0.6) is 0 Å². The second-order valence-corrected chi connectivity index (χ2v) is 5.86. The van der Waals surface area contributed by atoms with Crippen LogP contribution in [0.4, 0.5) is 5.69 Å². The van der Waals surface area contributed by atoms with Crippen LogP contribution in [0.2, 0.25) is 0 Å². The highest BCUT2D eigenvalue weighted by Gasteiger charge is 2.27. The Balaban J connectivity index is 2.04. The standard InChI is InChI=1S/C20H12N2O/c21-12-9-11-3-1-4-15-18(11)16(10-12)13-6-7-17-14(5-2-8-22-17)19(13)20(15)23/h1-10H,21H2. The van der Waals surface area contributed by atoms with Crippen LogP contribution in [0.3, 0.4) is 0 Å². The first kappa shape index (κ1) is 12.4. The van der Waals surface area contributed by atoms with Crippen molar-refractivity contribution >= 4 is 33.1 Å². The van der Waals surface area contributed by atoms with E-state index in [4.69, 9.17) is 5.73 Å². The first-order valence-electron chi connectivity index (χ1n) is 7.49. The van der Waals surface area contributed by atoms with E-state index in [-0.39, 0.29) is 5.78 Å². The Morgan fingerprint density at radius 3 is 2.70 bits per heavy atom. The minimum atomic E-state index is 0.0569. The van der Waals surface area contributed by atoms with Gasteiger partial charge in [0, 0.05) is 33.8 Å². The quantitative estimate of drug-likeness (QED) is 0.436. The molecule has 108 valence electrons. The highest BCUT2D eigenvalue weighted by molar-refractivity contribution is 6.30. The molecule has 0 bridgehead atoms. The molecule has 0 unspecified atom stereocenters. The fourth-order valence-corrected chi connectivity index (χ4v) is 3.61. The van der Waals surface area contributed by atoms with Crippen molar-refractivity contribution < 1.29 is 4.79 Å². The van der Waals surface area contributed by atoms with Crippen LogP contribution >= 0.6 is 0 Å². The topological polar surface area (TPSA) is 56.0 Å². The number of anilines is 1. The number of nitrogen functional groups attached to an aromatic ring is 1. The minimum absolute atomic E-state index is 0.0569. The Hall–Kier alpha value is -3.20. The molecule has 0 saturated heterocycles. The number of rotatable bonds is 0. The fraction of sp³-hybridized carbons (Fsp3) is 0. The molecule has 1 aliphatic carbocycles. The van der Waals surface area contributed by atoms with Gasteiger partial charge >= 0.3 is 0 Å². The van der Waals surface area contributed by atoms with Crippen molar-refractivity contribution in [1.82, 2.24) is 4.98 Å². The second kappa shape index (κ2) is 4.17. The van der Waals surface area contributed by atoms with Crippen LogP contribution in [-0.2, 0) is 0 Å². The number of ketones is 1. The monoisotopic (exact) mass is 296 g/mol. The lowest BCUT2D eigenvalue weighted by Crippen LogP contribution is -2.11. The molecule has 3 nitrogen and oxygen atoms in total. The molecular formula is C20H12N2O. The number of nitrogens with two attached hydrogens (primary N) is 1. The van der Waals surface area contributed by atoms with E-state index in [9.17, 15) is 4.79 Å². The van der Waals surface area contributed by atoms with Gasteiger partial charge in [-0.05, 0) is 40.8 Å². The smallest absolute Gasteiger partial charge is 0.194 e. The van der Waals surface area contributed by atoms with E-state index in [1.165, 1.54) is 0 Å². The molecule has 4 aromatic rings. The summed E-state index contributed by atoms with van der Waals surface area (Å²) in [6, 6.07) is 17.4. The van der Waals surface area contributed by atoms with Crippen molar-refractivity contribution in [2.24, 2.45) is 0 Å². The van der Waals surface area contributed by atoms with E-state index in [0.717, 1.165) is 43.9 Å². The second-order valence-electron chi connectivity index (χ2n) is 5.86. The molecule has 0 saturated carbocycles. The summed E-state index contributed by atoms with van der Waals surface area (Å²) in [5.41, 5.74) is 11.0. The average molecular weight is 296 g/mol. The zero-order valence-electron chi connectivity index (χ0n) is 12.2. The van der Waals surface area contributed by atoms with Gasteiger partial charge in [-0.3, -0.25) is 9.78 Å². The average Bonchev–Trinajstić information content (AvgIpc) is 2.58. The van der Waals surface area contributed by atoms with Crippen molar-refractivity contribution in [2.45, 2.75) is 0 Å². The largest absolute Gasteiger partial charge is 0.399 e. The summed E-state index contributed by atoms with van der Waals surface area (Å²) in [5, 5.41) is 2.88. The van der Waals surface area contributed by atoms with Crippen LogP contribution in [0.1, 0.15) is 15.9 Å². The minimum Gasteiger partial charge on any atom is -0.399 e. The molecule has 0 amide bonds. The fourth-order valence-electron chi connectivity index (χ4n) is 3.61. The lowest BCUT2D eigenvalue weighted by molar-refractivity contribution is 0.104. The third-order valence-electron chi connectivity index (χ3n) is 4.55. The number of nitrogens with zero attached hydrogens (tertiary/aromatic N) is 1. The maximum absolute atomic E-state index is 13.1. The Morgan fingerprint density at radius 1 is 0.870 bits per heavy atom. The molecule has 2 N–H and O–H groups in total. The predicted molar refractivity (Wildman–Crippen MR) is 92.5 cm³/mol. The predicted octanol–water partition coefficient (Wildman–Crippen LogP) is 4.18. The highest BCUT2D eigenvalue weighted by Crippen LogP contribution is 2.42. The van der Waals surface area contributed by atoms with Gasteiger partial charge in [-0.25, -0.2) is 0 Å². The summed E-state index contributed by atoms with van der Waals surface area (Å²) in [6.45, 7) is 0. The molecule has 5 rings (SSSR count). The summed E-state index contributed by atoms with van der Waals surface area (Å²) in [6.07, 6.45) is 1.74. The van der Waals surface area contributed by atoms with E-state index in [2.05, 4.69) is 4.98 Å². The molecule has 1 aliphatic rings. The van der Waals surface area contributed by atoms with Crippen LogP contribution in [0.15, 0.2) is 60.8 Å². The number of hydrogen-bond acceptors (Lipinski definition) is 3. The maximum Gasteiger partial charge on any atom is 0.194 e. The summed E-state index contributed by atoms with van der Waals surface area (Å²) >= 11 is 0. The van der Waals surface area contributed by atoms with Gasteiger partial charge in [0.25, 0.3) is 0 Å². The third-order valence-corrected chi connectivity index (χ3v) is 4.55. The number of pyridine rings is 1. The number of benzene rings is 3. The molecule has 0 spiro atoms. The number of fused-ring (bicyclic) bond motifs is 4. The number of carbonyl (C=O) groups excluding carboxylic acids is 1. The van der Waals surface area contributed by atoms with Gasteiger partial charge in [-0.2, -0.15) is 0 Å². The summed E-state index contributed by atoms with van der Waals surface area (Å²) in [5.74, 6) is 0.0569. The van der Waals surface area contributed by atoms with E-state index in [1.54, 1.807) is 6.20 Å². The Morgan fingerprint density at radius 2 is 1.78 bits per heavy atom. The Bertz CT molecular complexity index is 1150. The first-order chi connectivity index (χ1) is 11.2. The SMILES string of the molecule is Nc1cc2c3c(cccc3c1)C(=O)c1c-2ccc2ncccc12. The Labute approximate surface area is 132 Å². The maximum atomic E-state index is 13.1. The van der Waals surface area contributed by atoms with Gasteiger partial charge in [0.1, 0.15) is 0 Å². The molecule has 0 fully saturated rings. The summed E-state index contributed by atoms with van der Waals surface area (Å²) in [4.78, 5) is 17.5. The van der Waals surface area contributed by atoms with Gasteiger partial charge < -0.3 is 5.73 Å². The zero-order valence-corrected chi connectivity index (χ0v) is 12.2. The van der Waals surface area contributed by atoms with Crippen LogP contribution < -0.4 is 5.73 Å². The molecule has 3 aromatic carbocycles. The van der Waals surface area contributed by atoms with Crippen LogP contribution in [0, 0.1) is 0 Å². The summed E-state index contributed by atoms with van der Waals surface area (Å²) in [7, 11) is 0. The van der Waals surface area contributed by atoms with E-state index >= 15 is 0 Å². The van der Waals surface area contributed by atoms with Crippen molar-refractivity contribution in [1.29, 1.82) is 0 Å². The number of carbonyl (C=O) groups is 1. The lowest BCUT2D eigenvalue weighted by atomic mass is 9.81. The van der Waals surface area contributed by atoms with Crippen molar-refractivity contribution in [2.75, 3.05) is 5.73 Å². The lowest BCUT2D eigenvalue weighted by Gasteiger charge is -2.21. The van der Waals surface area contributed by atoms with Crippen LogP contribution in [0.25, 0.3) is 32.8 Å². The summed E-state index contributed by atoms with van der Waals surface area (Å²) < 4.78 is 0. The van der Waals surface area contributed by atoms with Gasteiger partial charge in [-0.15, -0.1) is 0 Å². The molecule has 1 aromatic heterocycles. The molecular weight excluding hydrogens is 284 g/mol. The van der Waals surface area contributed by atoms with E-state index in [0.29, 0.717) is 5.69 Å². The normalized spacial score (nSPS) is 12.6. The molecule has 3 heteroatoms. The van der Waals surface area contributed by atoms with Gasteiger partial charge in [0.2, 0.25) is 0 Å². The molecule has 0 atom stereocenters. The van der Waals surface area contributed by atoms with Gasteiger partial charge in [-0.1, -0.05) is 30.3 Å².